The second-order valence-electron chi connectivity index (χ2n) is 6.60. The molecule has 0 aliphatic carbocycles. The number of hydrogen-bond acceptors (Lipinski definition) is 6. The summed E-state index contributed by atoms with van der Waals surface area (Å²) in [6.45, 7) is 1.87. The van der Waals surface area contributed by atoms with Crippen LogP contribution in [0.1, 0.15) is 27.2 Å². The van der Waals surface area contributed by atoms with Gasteiger partial charge in [-0.3, -0.25) is 19.6 Å². The molecule has 0 spiro atoms. The van der Waals surface area contributed by atoms with Gasteiger partial charge in [-0.1, -0.05) is 12.1 Å². The molecule has 0 bridgehead atoms. The number of rotatable bonds is 8. The summed E-state index contributed by atoms with van der Waals surface area (Å²) in [5.41, 5.74) is 2.66. The quantitative estimate of drug-likeness (QED) is 0.241. The van der Waals surface area contributed by atoms with Crippen LogP contribution in [0.15, 0.2) is 54.7 Å². The number of ether oxygens (including phenoxy) is 2. The van der Waals surface area contributed by atoms with Gasteiger partial charge in [0, 0.05) is 30.4 Å². The Morgan fingerprint density at radius 3 is 2.67 bits per heavy atom. The normalized spacial score (nSPS) is 10.9. The predicted molar refractivity (Wildman–Crippen MR) is 112 cm³/mol. The first-order valence-corrected chi connectivity index (χ1v) is 9.14. The molecule has 0 amide bonds. The molecule has 30 heavy (non-hydrogen) atoms. The SMILES string of the molecule is COc1ccc(/C=C/C(=O)c2ccnn2C)cc1COc1ccc([N+](=O)[O-])c(C)c1. The Morgan fingerprint density at radius 2 is 2.03 bits per heavy atom. The Bertz CT molecular complexity index is 1120. The van der Waals surface area contributed by atoms with Crippen molar-refractivity contribution in [3.8, 4) is 11.5 Å². The fourth-order valence-electron chi connectivity index (χ4n) is 2.97. The second-order valence-corrected chi connectivity index (χ2v) is 6.60. The number of aromatic nitrogens is 2. The molecule has 0 unspecified atom stereocenters. The maximum absolute atomic E-state index is 12.3. The molecule has 2 aromatic carbocycles. The third kappa shape index (κ3) is 4.72. The zero-order valence-corrected chi connectivity index (χ0v) is 16.9. The number of nitro groups is 1. The van der Waals surface area contributed by atoms with E-state index in [0.29, 0.717) is 22.8 Å². The number of benzene rings is 2. The fourth-order valence-corrected chi connectivity index (χ4v) is 2.97. The molecule has 1 aromatic heterocycles. The van der Waals surface area contributed by atoms with Crippen molar-refractivity contribution in [2.75, 3.05) is 7.11 Å². The van der Waals surface area contributed by atoms with Crippen molar-refractivity contribution in [2.45, 2.75) is 13.5 Å². The molecule has 8 heteroatoms. The summed E-state index contributed by atoms with van der Waals surface area (Å²) >= 11 is 0. The Balaban J connectivity index is 1.75. The van der Waals surface area contributed by atoms with Crippen LogP contribution in [0.5, 0.6) is 11.5 Å². The lowest BCUT2D eigenvalue weighted by Crippen LogP contribution is -2.03. The summed E-state index contributed by atoms with van der Waals surface area (Å²) in [6, 6.07) is 11.8. The van der Waals surface area contributed by atoms with Crippen LogP contribution in [-0.4, -0.2) is 27.6 Å². The van der Waals surface area contributed by atoms with Crippen molar-refractivity contribution < 1.29 is 19.2 Å². The molecular weight excluding hydrogens is 386 g/mol. The second kappa shape index (κ2) is 9.04. The summed E-state index contributed by atoms with van der Waals surface area (Å²) in [5, 5.41) is 14.9. The molecule has 0 aliphatic heterocycles. The van der Waals surface area contributed by atoms with E-state index in [9.17, 15) is 14.9 Å². The average molecular weight is 407 g/mol. The Kier molecular flexibility index (Phi) is 6.26. The monoisotopic (exact) mass is 407 g/mol. The standard InChI is InChI=1S/C22H21N3O5/c1-15-12-18(6-7-19(15)25(27)28)30-14-17-13-16(5-9-22(17)29-3)4-8-21(26)20-10-11-23-24(20)2/h4-13H,14H2,1-3H3/b8-4+. The zero-order valence-electron chi connectivity index (χ0n) is 16.9. The first-order chi connectivity index (χ1) is 14.4. The number of allylic oxidation sites excluding steroid dienone is 1. The molecule has 0 saturated carbocycles. The lowest BCUT2D eigenvalue weighted by Gasteiger charge is -2.12. The molecule has 0 saturated heterocycles. The molecule has 3 rings (SSSR count). The van der Waals surface area contributed by atoms with Crippen LogP contribution >= 0.6 is 0 Å². The van der Waals surface area contributed by atoms with Crippen LogP contribution in [0.2, 0.25) is 0 Å². The van der Waals surface area contributed by atoms with Gasteiger partial charge >= 0.3 is 0 Å². The molecular formula is C22H21N3O5. The first kappa shape index (κ1) is 20.8. The van der Waals surface area contributed by atoms with Gasteiger partial charge in [0.15, 0.2) is 0 Å². The van der Waals surface area contributed by atoms with Crippen LogP contribution < -0.4 is 9.47 Å². The number of nitro benzene ring substituents is 1. The van der Waals surface area contributed by atoms with Gasteiger partial charge < -0.3 is 9.47 Å². The summed E-state index contributed by atoms with van der Waals surface area (Å²) in [5.74, 6) is 1.02. The van der Waals surface area contributed by atoms with Crippen LogP contribution in [-0.2, 0) is 13.7 Å². The van der Waals surface area contributed by atoms with E-state index in [-0.39, 0.29) is 18.1 Å². The van der Waals surface area contributed by atoms with E-state index in [2.05, 4.69) is 5.10 Å². The number of methoxy groups -OCH3 is 1. The molecule has 1 heterocycles. The van der Waals surface area contributed by atoms with E-state index in [1.54, 1.807) is 57.6 Å². The summed E-state index contributed by atoms with van der Waals surface area (Å²) in [4.78, 5) is 22.8. The van der Waals surface area contributed by atoms with E-state index in [1.165, 1.54) is 16.8 Å². The minimum atomic E-state index is -0.426. The van der Waals surface area contributed by atoms with Gasteiger partial charge in [0.25, 0.3) is 5.69 Å². The van der Waals surface area contributed by atoms with Crippen molar-refractivity contribution in [3.05, 3.63) is 87.2 Å². The summed E-state index contributed by atoms with van der Waals surface area (Å²) in [7, 11) is 3.28. The Labute approximate surface area is 173 Å². The summed E-state index contributed by atoms with van der Waals surface area (Å²) in [6.07, 6.45) is 4.78. The molecule has 0 fully saturated rings. The molecule has 0 N–H and O–H groups in total. The van der Waals surface area contributed by atoms with E-state index >= 15 is 0 Å². The van der Waals surface area contributed by atoms with Gasteiger partial charge in [-0.2, -0.15) is 5.10 Å². The predicted octanol–water partition coefficient (Wildman–Crippen LogP) is 4.12. The van der Waals surface area contributed by atoms with E-state index in [4.69, 9.17) is 9.47 Å². The molecule has 154 valence electrons. The highest BCUT2D eigenvalue weighted by Crippen LogP contribution is 2.26. The summed E-state index contributed by atoms with van der Waals surface area (Å²) < 4.78 is 12.7. The number of nitrogens with zero attached hydrogens (tertiary/aromatic N) is 3. The van der Waals surface area contributed by atoms with E-state index < -0.39 is 4.92 Å². The molecule has 0 radical (unpaired) electrons. The first-order valence-electron chi connectivity index (χ1n) is 9.14. The number of ketones is 1. The van der Waals surface area contributed by atoms with Gasteiger partial charge in [0.1, 0.15) is 23.8 Å². The number of hydrogen-bond donors (Lipinski definition) is 0. The van der Waals surface area contributed by atoms with Gasteiger partial charge in [-0.25, -0.2) is 0 Å². The van der Waals surface area contributed by atoms with Crippen molar-refractivity contribution in [3.63, 3.8) is 0 Å². The molecule has 0 atom stereocenters. The molecule has 3 aromatic rings. The van der Waals surface area contributed by atoms with Crippen molar-refractivity contribution >= 4 is 17.5 Å². The highest BCUT2D eigenvalue weighted by Gasteiger charge is 2.12. The zero-order chi connectivity index (χ0) is 21.7. The van der Waals surface area contributed by atoms with Crippen LogP contribution in [0.3, 0.4) is 0 Å². The lowest BCUT2D eigenvalue weighted by molar-refractivity contribution is -0.385. The fraction of sp³-hybridized carbons (Fsp3) is 0.182. The lowest BCUT2D eigenvalue weighted by atomic mass is 10.1. The van der Waals surface area contributed by atoms with E-state index in [0.717, 1.165) is 11.1 Å². The number of carbonyl (C=O) groups is 1. The van der Waals surface area contributed by atoms with Gasteiger partial charge in [0.05, 0.1) is 12.0 Å². The highest BCUT2D eigenvalue weighted by molar-refractivity contribution is 6.05. The third-order valence-corrected chi connectivity index (χ3v) is 4.56. The van der Waals surface area contributed by atoms with Crippen LogP contribution in [0.4, 0.5) is 5.69 Å². The van der Waals surface area contributed by atoms with Crippen molar-refractivity contribution in [1.82, 2.24) is 9.78 Å². The smallest absolute Gasteiger partial charge is 0.272 e. The number of carbonyl (C=O) groups excluding carboxylic acids is 1. The minimum Gasteiger partial charge on any atom is -0.496 e. The minimum absolute atomic E-state index is 0.0464. The van der Waals surface area contributed by atoms with Crippen LogP contribution in [0.25, 0.3) is 6.08 Å². The number of aryl methyl sites for hydroxylation is 2. The Hall–Kier alpha value is -3.94. The molecule has 0 aliphatic rings. The third-order valence-electron chi connectivity index (χ3n) is 4.56. The van der Waals surface area contributed by atoms with E-state index in [1.807, 2.05) is 12.1 Å². The molecule has 8 nitrogen and oxygen atoms in total. The average Bonchev–Trinajstić information content (AvgIpc) is 3.16. The Morgan fingerprint density at radius 1 is 1.23 bits per heavy atom. The largest absolute Gasteiger partial charge is 0.496 e. The van der Waals surface area contributed by atoms with Gasteiger partial charge in [-0.05, 0) is 48.9 Å². The topological polar surface area (TPSA) is 96.5 Å². The van der Waals surface area contributed by atoms with Crippen molar-refractivity contribution in [2.24, 2.45) is 7.05 Å². The van der Waals surface area contributed by atoms with Crippen molar-refractivity contribution in [1.29, 1.82) is 0 Å². The van der Waals surface area contributed by atoms with Gasteiger partial charge in [0.2, 0.25) is 5.78 Å². The maximum Gasteiger partial charge on any atom is 0.272 e. The highest BCUT2D eigenvalue weighted by atomic mass is 16.6. The maximum atomic E-state index is 12.3. The van der Waals surface area contributed by atoms with Crippen LogP contribution in [0, 0.1) is 17.0 Å². The van der Waals surface area contributed by atoms with Gasteiger partial charge in [-0.15, -0.1) is 0 Å².